The van der Waals surface area contributed by atoms with Gasteiger partial charge in [0.2, 0.25) is 0 Å². The summed E-state index contributed by atoms with van der Waals surface area (Å²) in [6.07, 6.45) is 20.5. The van der Waals surface area contributed by atoms with Crippen LogP contribution in [0.2, 0.25) is 0 Å². The summed E-state index contributed by atoms with van der Waals surface area (Å²) >= 11 is 0. The number of benzene rings is 8. The molecule has 0 radical (unpaired) electrons. The summed E-state index contributed by atoms with van der Waals surface area (Å²) in [5, 5.41) is 0. The lowest BCUT2D eigenvalue weighted by atomic mass is 9.67. The van der Waals surface area contributed by atoms with E-state index >= 15 is 0 Å². The Hall–Kier alpha value is -6.44. The van der Waals surface area contributed by atoms with Crippen LogP contribution in [0.3, 0.4) is 0 Å². The highest BCUT2D eigenvalue weighted by molar-refractivity contribution is 5.92. The van der Waals surface area contributed by atoms with Crippen molar-refractivity contribution < 1.29 is 0 Å². The summed E-state index contributed by atoms with van der Waals surface area (Å²) in [7, 11) is 0. The highest BCUT2D eigenvalue weighted by atomic mass is 15.1. The van der Waals surface area contributed by atoms with Crippen LogP contribution in [-0.2, 0) is 5.41 Å². The van der Waals surface area contributed by atoms with E-state index in [2.05, 4.69) is 221 Å². The topological polar surface area (TPSA) is 3.24 Å². The number of fused-ring (bicyclic) bond motifs is 3. The molecule has 0 heterocycles. The molecule has 1 nitrogen and oxygen atoms in total. The van der Waals surface area contributed by atoms with Crippen molar-refractivity contribution in [2.45, 2.75) is 160 Å². The van der Waals surface area contributed by atoms with Crippen molar-refractivity contribution >= 4 is 17.1 Å². The van der Waals surface area contributed by atoms with E-state index in [4.69, 9.17) is 0 Å². The third kappa shape index (κ3) is 9.62. The Morgan fingerprint density at radius 3 is 1.46 bits per heavy atom. The van der Waals surface area contributed by atoms with E-state index < -0.39 is 5.41 Å². The highest BCUT2D eigenvalue weighted by Gasteiger charge is 2.46. The van der Waals surface area contributed by atoms with Crippen LogP contribution in [0.15, 0.2) is 188 Å². The molecule has 0 amide bonds. The molecule has 74 heavy (non-hydrogen) atoms. The minimum atomic E-state index is -0.516. The van der Waals surface area contributed by atoms with Gasteiger partial charge in [0.15, 0.2) is 0 Å². The maximum absolute atomic E-state index is 2.57. The second kappa shape index (κ2) is 22.6. The van der Waals surface area contributed by atoms with Crippen molar-refractivity contribution in [3.63, 3.8) is 0 Å². The Kier molecular flexibility index (Phi) is 15.2. The summed E-state index contributed by atoms with van der Waals surface area (Å²) in [6.45, 7) is 9.42. The number of rotatable bonds is 17. The van der Waals surface area contributed by atoms with Gasteiger partial charge in [-0.15, -0.1) is 0 Å². The lowest BCUT2D eigenvalue weighted by molar-refractivity contribution is 0.443. The predicted octanol–water partition coefficient (Wildman–Crippen LogP) is 21.5. The van der Waals surface area contributed by atoms with Crippen LogP contribution in [0.5, 0.6) is 0 Å². The van der Waals surface area contributed by atoms with Gasteiger partial charge in [-0.1, -0.05) is 237 Å². The van der Waals surface area contributed by atoms with Gasteiger partial charge in [-0.2, -0.15) is 0 Å². The zero-order chi connectivity index (χ0) is 50.4. The van der Waals surface area contributed by atoms with Gasteiger partial charge >= 0.3 is 0 Å². The molecular weight excluding hydrogens is 891 g/mol. The number of para-hydroxylation sites is 1. The van der Waals surface area contributed by atoms with Crippen LogP contribution in [0, 0.1) is 0 Å². The van der Waals surface area contributed by atoms with Gasteiger partial charge < -0.3 is 4.90 Å². The molecule has 3 aliphatic rings. The normalized spacial score (nSPS) is 16.3. The molecule has 8 aromatic rings. The zero-order valence-electron chi connectivity index (χ0n) is 45.0. The Morgan fingerprint density at radius 1 is 0.405 bits per heavy atom. The van der Waals surface area contributed by atoms with Gasteiger partial charge in [0.25, 0.3) is 0 Å². The van der Waals surface area contributed by atoms with Crippen LogP contribution >= 0.6 is 0 Å². The molecule has 2 saturated carbocycles. The second-order valence-electron chi connectivity index (χ2n) is 22.4. The molecule has 376 valence electrons. The van der Waals surface area contributed by atoms with Crippen LogP contribution < -0.4 is 4.90 Å². The van der Waals surface area contributed by atoms with E-state index in [9.17, 15) is 0 Å². The maximum Gasteiger partial charge on any atom is 0.0714 e. The average Bonchev–Trinajstić information content (AvgIpc) is 3.77. The lowest BCUT2D eigenvalue weighted by Gasteiger charge is -2.36. The van der Waals surface area contributed by atoms with E-state index in [-0.39, 0.29) is 0 Å². The smallest absolute Gasteiger partial charge is 0.0714 e. The molecule has 2 unspecified atom stereocenters. The molecule has 2 atom stereocenters. The van der Waals surface area contributed by atoms with Gasteiger partial charge in [-0.05, 0) is 178 Å². The first-order valence-electron chi connectivity index (χ1n) is 29.2. The second-order valence-corrected chi connectivity index (χ2v) is 22.4. The molecule has 11 rings (SSSR count). The largest absolute Gasteiger partial charge is 0.310 e. The van der Waals surface area contributed by atoms with Crippen LogP contribution in [-0.4, -0.2) is 0 Å². The first-order valence-corrected chi connectivity index (χ1v) is 29.2. The van der Waals surface area contributed by atoms with Crippen LogP contribution in [0.1, 0.15) is 199 Å². The summed E-state index contributed by atoms with van der Waals surface area (Å²) in [4.78, 5) is 2.54. The average molecular weight is 970 g/mol. The van der Waals surface area contributed by atoms with Crippen molar-refractivity contribution in [3.8, 4) is 33.4 Å². The van der Waals surface area contributed by atoms with Crippen LogP contribution in [0.25, 0.3) is 33.4 Å². The fourth-order valence-corrected chi connectivity index (χ4v) is 14.1. The third-order valence-electron chi connectivity index (χ3n) is 18.0. The molecular formula is C73H79N. The zero-order valence-corrected chi connectivity index (χ0v) is 45.0. The summed E-state index contributed by atoms with van der Waals surface area (Å²) in [5.74, 6) is 2.45. The number of hydrogen-bond acceptors (Lipinski definition) is 1. The van der Waals surface area contributed by atoms with E-state index in [0.29, 0.717) is 23.7 Å². The van der Waals surface area contributed by atoms with Gasteiger partial charge in [0.1, 0.15) is 0 Å². The third-order valence-corrected chi connectivity index (χ3v) is 18.0. The van der Waals surface area contributed by atoms with Crippen molar-refractivity contribution in [1.82, 2.24) is 0 Å². The Bertz CT molecular complexity index is 3020. The number of nitrogens with zero attached hydrogens (tertiary/aromatic N) is 1. The SMILES string of the molecule is CCCC(CC)c1cc(-c2ccc(N(c3ccc4c(c3)C(c3ccc(C5CCCCC5)cc3)(c3ccc(C5CCCCC5)cc3)c3ccccc3-4)c3ccccc3-c3ccccc3)cc2)cc(C(CC)CCC)c1. The fraction of sp³-hybridized carbons (Fsp3) is 0.342. The Balaban J connectivity index is 1.10. The maximum atomic E-state index is 2.57. The summed E-state index contributed by atoms with van der Waals surface area (Å²) < 4.78 is 0. The van der Waals surface area contributed by atoms with E-state index in [1.54, 1.807) is 0 Å². The predicted molar refractivity (Wildman–Crippen MR) is 317 cm³/mol. The molecule has 0 N–H and O–H groups in total. The molecule has 1 heteroatoms. The summed E-state index contributed by atoms with van der Waals surface area (Å²) in [5.41, 5.74) is 22.1. The molecule has 2 fully saturated rings. The van der Waals surface area contributed by atoms with Gasteiger partial charge in [0, 0.05) is 16.9 Å². The van der Waals surface area contributed by atoms with Crippen LogP contribution in [0.4, 0.5) is 17.1 Å². The number of anilines is 3. The first-order chi connectivity index (χ1) is 36.5. The van der Waals surface area contributed by atoms with E-state index in [1.807, 2.05) is 0 Å². The van der Waals surface area contributed by atoms with Gasteiger partial charge in [0.05, 0.1) is 11.1 Å². The lowest BCUT2D eigenvalue weighted by Crippen LogP contribution is -2.29. The van der Waals surface area contributed by atoms with Crippen molar-refractivity contribution in [1.29, 1.82) is 0 Å². The Morgan fingerprint density at radius 2 is 0.905 bits per heavy atom. The molecule has 0 bridgehead atoms. The molecule has 0 aliphatic heterocycles. The fourth-order valence-electron chi connectivity index (χ4n) is 14.1. The first kappa shape index (κ1) is 49.8. The molecule has 0 saturated heterocycles. The van der Waals surface area contributed by atoms with E-state index in [0.717, 1.165) is 11.4 Å². The van der Waals surface area contributed by atoms with Crippen molar-refractivity contribution in [2.24, 2.45) is 0 Å². The van der Waals surface area contributed by atoms with E-state index in [1.165, 1.54) is 186 Å². The Labute approximate surface area is 445 Å². The minimum Gasteiger partial charge on any atom is -0.310 e. The highest BCUT2D eigenvalue weighted by Crippen LogP contribution is 2.58. The van der Waals surface area contributed by atoms with Gasteiger partial charge in [-0.3, -0.25) is 0 Å². The molecule has 0 aromatic heterocycles. The molecule has 0 spiro atoms. The van der Waals surface area contributed by atoms with Crippen molar-refractivity contribution in [3.05, 3.63) is 233 Å². The molecule has 8 aromatic carbocycles. The number of hydrogen-bond donors (Lipinski definition) is 0. The minimum absolute atomic E-state index is 0.516. The molecule has 3 aliphatic carbocycles. The van der Waals surface area contributed by atoms with Crippen molar-refractivity contribution in [2.75, 3.05) is 4.90 Å². The van der Waals surface area contributed by atoms with Gasteiger partial charge in [-0.25, -0.2) is 0 Å². The summed E-state index contributed by atoms with van der Waals surface area (Å²) in [6, 6.07) is 73.9. The quantitative estimate of drug-likeness (QED) is 0.0879. The monoisotopic (exact) mass is 970 g/mol. The standard InChI is InChI=1S/C73H79N/c1-5-22-52(7-3)60-48-61(53(8-4)23-6-2)50-62(49-60)58-38-44-65(45-39-58)74(72-33-21-19-30-67(72)59-28-16-11-17-29-59)66-46-47-69-68-31-18-20-32-70(68)73(71(69)51-66,63-40-34-56(35-41-63)54-24-12-9-13-25-54)64-42-36-57(37-43-64)55-26-14-10-15-27-55/h11,16-21,28-55H,5-10,12-15,22-27H2,1-4H3.